The molecular formula is C22H25N7O3. The molecule has 3 aromatic rings. The first-order valence-corrected chi connectivity index (χ1v) is 9.90. The highest BCUT2D eigenvalue weighted by Crippen LogP contribution is 2.18. The SMILES string of the molecule is N/C(=C\N(N)C(CC(=O)NO)Cc1ccc2ccccc2c1)CNC(=O)c1ccncn1. The van der Waals surface area contributed by atoms with Crippen LogP contribution in [0.5, 0.6) is 0 Å². The number of hydrazine groups is 1. The van der Waals surface area contributed by atoms with E-state index in [2.05, 4.69) is 15.3 Å². The fraction of sp³-hybridized carbons (Fsp3) is 0.182. The number of hydrogen-bond acceptors (Lipinski definition) is 8. The number of hydrogen-bond donors (Lipinski definition) is 5. The number of nitrogens with zero attached hydrogens (tertiary/aromatic N) is 3. The summed E-state index contributed by atoms with van der Waals surface area (Å²) in [5, 5.41) is 15.1. The van der Waals surface area contributed by atoms with E-state index in [-0.39, 0.29) is 24.4 Å². The third-order valence-electron chi connectivity index (χ3n) is 4.84. The summed E-state index contributed by atoms with van der Waals surface area (Å²) < 4.78 is 0. The van der Waals surface area contributed by atoms with Crippen molar-refractivity contribution in [2.75, 3.05) is 6.54 Å². The van der Waals surface area contributed by atoms with Crippen LogP contribution < -0.4 is 22.4 Å². The topological polar surface area (TPSA) is 159 Å². The molecule has 0 radical (unpaired) electrons. The average Bonchev–Trinajstić information content (AvgIpc) is 2.82. The van der Waals surface area contributed by atoms with Gasteiger partial charge in [0.2, 0.25) is 5.91 Å². The number of benzene rings is 2. The van der Waals surface area contributed by atoms with Crippen LogP contribution in [0, 0.1) is 0 Å². The lowest BCUT2D eigenvalue weighted by Crippen LogP contribution is -2.42. The highest BCUT2D eigenvalue weighted by molar-refractivity contribution is 5.92. The molecule has 1 aromatic heterocycles. The van der Waals surface area contributed by atoms with Crippen molar-refractivity contribution in [3.8, 4) is 0 Å². The van der Waals surface area contributed by atoms with Gasteiger partial charge in [0.15, 0.2) is 0 Å². The molecule has 0 aliphatic rings. The van der Waals surface area contributed by atoms with Crippen molar-refractivity contribution in [2.24, 2.45) is 11.6 Å². The van der Waals surface area contributed by atoms with Crippen molar-refractivity contribution in [3.05, 3.63) is 84.2 Å². The quantitative estimate of drug-likeness (QED) is 0.188. The monoisotopic (exact) mass is 435 g/mol. The molecule has 32 heavy (non-hydrogen) atoms. The molecule has 10 heteroatoms. The van der Waals surface area contributed by atoms with Crippen LogP contribution in [0.3, 0.4) is 0 Å². The van der Waals surface area contributed by atoms with Gasteiger partial charge in [0, 0.05) is 18.1 Å². The van der Waals surface area contributed by atoms with Crippen LogP contribution in [0.15, 0.2) is 73.0 Å². The molecule has 0 saturated heterocycles. The predicted octanol–water partition coefficient (Wildman–Crippen LogP) is 0.842. The largest absolute Gasteiger partial charge is 0.399 e. The smallest absolute Gasteiger partial charge is 0.270 e. The van der Waals surface area contributed by atoms with Crippen LogP contribution in [0.1, 0.15) is 22.5 Å². The van der Waals surface area contributed by atoms with E-state index in [1.54, 1.807) is 5.48 Å². The molecule has 0 spiro atoms. The summed E-state index contributed by atoms with van der Waals surface area (Å²) in [6.45, 7) is 0.0332. The number of hydroxylamine groups is 1. The molecule has 3 rings (SSSR count). The molecule has 1 unspecified atom stereocenters. The maximum atomic E-state index is 12.1. The lowest BCUT2D eigenvalue weighted by Gasteiger charge is -2.26. The number of carbonyl (C=O) groups is 2. The van der Waals surface area contributed by atoms with Crippen molar-refractivity contribution >= 4 is 22.6 Å². The van der Waals surface area contributed by atoms with E-state index in [1.165, 1.54) is 29.8 Å². The zero-order chi connectivity index (χ0) is 22.9. The first kappa shape index (κ1) is 22.7. The van der Waals surface area contributed by atoms with Gasteiger partial charge in [-0.3, -0.25) is 14.8 Å². The minimum absolute atomic E-state index is 0.0332. The van der Waals surface area contributed by atoms with E-state index in [1.807, 2.05) is 42.5 Å². The van der Waals surface area contributed by atoms with Crippen LogP contribution in [-0.2, 0) is 11.2 Å². The summed E-state index contributed by atoms with van der Waals surface area (Å²) in [6.07, 6.45) is 4.57. The van der Waals surface area contributed by atoms with Gasteiger partial charge in [0.05, 0.1) is 19.0 Å². The summed E-state index contributed by atoms with van der Waals surface area (Å²) in [7, 11) is 0. The molecule has 0 aliphatic carbocycles. The van der Waals surface area contributed by atoms with Crippen LogP contribution in [-0.4, -0.2) is 44.6 Å². The molecule has 10 nitrogen and oxygen atoms in total. The van der Waals surface area contributed by atoms with Crippen molar-refractivity contribution < 1.29 is 14.8 Å². The molecule has 0 aliphatic heterocycles. The number of rotatable bonds is 9. The number of amides is 2. The summed E-state index contributed by atoms with van der Waals surface area (Å²) in [5.41, 5.74) is 9.11. The molecule has 7 N–H and O–H groups in total. The standard InChI is InChI=1S/C22H25N7O3/c23-18(12-26-22(31)20-7-8-25-14-27-20)13-29(24)19(11-21(30)28-32)10-15-5-6-16-3-1-2-4-17(16)9-15/h1-9,13-14,19,32H,10-12,23-24H2,(H,26,31)(H,28,30)/b18-13-. The van der Waals surface area contributed by atoms with Gasteiger partial charge in [-0.25, -0.2) is 21.3 Å². The molecule has 0 saturated carbocycles. The molecule has 0 fully saturated rings. The summed E-state index contributed by atoms with van der Waals surface area (Å²) in [5.74, 6) is 5.20. The van der Waals surface area contributed by atoms with Crippen molar-refractivity contribution in [1.29, 1.82) is 0 Å². The van der Waals surface area contributed by atoms with E-state index in [9.17, 15) is 9.59 Å². The van der Waals surface area contributed by atoms with Gasteiger partial charge in [-0.2, -0.15) is 0 Å². The lowest BCUT2D eigenvalue weighted by molar-refractivity contribution is -0.130. The first-order valence-electron chi connectivity index (χ1n) is 9.90. The third-order valence-corrected chi connectivity index (χ3v) is 4.84. The van der Waals surface area contributed by atoms with Gasteiger partial charge in [-0.15, -0.1) is 0 Å². The van der Waals surface area contributed by atoms with Crippen LogP contribution in [0.2, 0.25) is 0 Å². The fourth-order valence-electron chi connectivity index (χ4n) is 3.22. The van der Waals surface area contributed by atoms with Crippen LogP contribution >= 0.6 is 0 Å². The molecule has 1 heterocycles. The minimum Gasteiger partial charge on any atom is -0.399 e. The van der Waals surface area contributed by atoms with Gasteiger partial charge in [0.25, 0.3) is 5.91 Å². The molecule has 2 aromatic carbocycles. The van der Waals surface area contributed by atoms with Crippen LogP contribution in [0.4, 0.5) is 0 Å². The number of nitrogens with one attached hydrogen (secondary N) is 2. The summed E-state index contributed by atoms with van der Waals surface area (Å²) >= 11 is 0. The van der Waals surface area contributed by atoms with E-state index < -0.39 is 17.9 Å². The Labute approximate surface area is 184 Å². The Balaban J connectivity index is 1.69. The third kappa shape index (κ3) is 6.24. The molecule has 2 amide bonds. The zero-order valence-corrected chi connectivity index (χ0v) is 17.3. The van der Waals surface area contributed by atoms with Gasteiger partial charge < -0.3 is 16.1 Å². The van der Waals surface area contributed by atoms with Crippen molar-refractivity contribution in [3.63, 3.8) is 0 Å². The lowest BCUT2D eigenvalue weighted by atomic mass is 9.99. The predicted molar refractivity (Wildman–Crippen MR) is 119 cm³/mol. The maximum Gasteiger partial charge on any atom is 0.270 e. The van der Waals surface area contributed by atoms with Crippen molar-refractivity contribution in [1.82, 2.24) is 25.8 Å². The Kier molecular flexibility index (Phi) is 7.68. The first-order chi connectivity index (χ1) is 15.5. The van der Waals surface area contributed by atoms with Gasteiger partial charge in [-0.05, 0) is 28.8 Å². The van der Waals surface area contributed by atoms with Gasteiger partial charge in [-0.1, -0.05) is 42.5 Å². The number of carbonyl (C=O) groups excluding carboxylic acids is 2. The molecule has 166 valence electrons. The number of fused-ring (bicyclic) bond motifs is 1. The summed E-state index contributed by atoms with van der Waals surface area (Å²) in [4.78, 5) is 31.5. The molecule has 0 bridgehead atoms. The Morgan fingerprint density at radius 3 is 2.66 bits per heavy atom. The van der Waals surface area contributed by atoms with E-state index in [4.69, 9.17) is 16.8 Å². The second-order valence-corrected chi connectivity index (χ2v) is 7.21. The van der Waals surface area contributed by atoms with E-state index in [0.717, 1.165) is 16.3 Å². The highest BCUT2D eigenvalue weighted by atomic mass is 16.5. The Bertz CT molecular complexity index is 1100. The second-order valence-electron chi connectivity index (χ2n) is 7.21. The molecular weight excluding hydrogens is 410 g/mol. The van der Waals surface area contributed by atoms with Crippen LogP contribution in [0.25, 0.3) is 10.8 Å². The number of aromatic nitrogens is 2. The van der Waals surface area contributed by atoms with Gasteiger partial charge in [0.1, 0.15) is 12.0 Å². The Morgan fingerprint density at radius 2 is 1.94 bits per heavy atom. The normalized spacial score (nSPS) is 12.2. The average molecular weight is 435 g/mol. The Morgan fingerprint density at radius 1 is 1.16 bits per heavy atom. The van der Waals surface area contributed by atoms with E-state index in [0.29, 0.717) is 6.42 Å². The maximum absolute atomic E-state index is 12.1. The minimum atomic E-state index is -0.574. The van der Waals surface area contributed by atoms with Crippen molar-refractivity contribution in [2.45, 2.75) is 18.9 Å². The molecule has 1 atom stereocenters. The Hall–Kier alpha value is -4.02. The fourth-order valence-corrected chi connectivity index (χ4v) is 3.22. The highest BCUT2D eigenvalue weighted by Gasteiger charge is 2.19. The second kappa shape index (κ2) is 10.8. The summed E-state index contributed by atoms with van der Waals surface area (Å²) in [6, 6.07) is 14.9. The number of nitrogens with two attached hydrogens (primary N) is 2. The zero-order valence-electron chi connectivity index (χ0n) is 17.3. The van der Waals surface area contributed by atoms with Gasteiger partial charge >= 0.3 is 0 Å². The van der Waals surface area contributed by atoms with E-state index >= 15 is 0 Å².